The number of pyridine rings is 1. The monoisotopic (exact) mass is 302 g/mol. The van der Waals surface area contributed by atoms with Gasteiger partial charge in [-0.2, -0.15) is 0 Å². The second kappa shape index (κ2) is 5.09. The summed E-state index contributed by atoms with van der Waals surface area (Å²) in [7, 11) is -3.82. The predicted molar refractivity (Wildman–Crippen MR) is 71.1 cm³/mol. The van der Waals surface area contributed by atoms with Gasteiger partial charge in [-0.1, -0.05) is 25.4 Å². The van der Waals surface area contributed by atoms with Crippen molar-refractivity contribution < 1.29 is 13.2 Å². The average Bonchev–Trinajstić information content (AvgIpc) is 2.72. The summed E-state index contributed by atoms with van der Waals surface area (Å²) in [6.07, 6.45) is 1.59. The molecule has 0 aliphatic carbocycles. The summed E-state index contributed by atoms with van der Waals surface area (Å²) in [5.74, 6) is -0.0172. The zero-order chi connectivity index (χ0) is 14.2. The fourth-order valence-corrected chi connectivity index (χ4v) is 3.77. The first-order valence-corrected chi connectivity index (χ1v) is 7.81. The molecule has 1 aliphatic rings. The van der Waals surface area contributed by atoms with E-state index in [0.717, 1.165) is 4.31 Å². The van der Waals surface area contributed by atoms with Crippen LogP contribution in [0.1, 0.15) is 20.3 Å². The highest BCUT2D eigenvalue weighted by molar-refractivity contribution is 7.89. The molecule has 1 aromatic heterocycles. The van der Waals surface area contributed by atoms with E-state index in [1.807, 2.05) is 13.8 Å². The largest absolute Gasteiger partial charge is 0.274 e. The lowest BCUT2D eigenvalue weighted by Crippen LogP contribution is -2.32. The Morgan fingerprint density at radius 2 is 2.16 bits per heavy atom. The SMILES string of the molecule is CC(C)C1CC(=O)N(S(=O)(=O)c2ccnc(Cl)c2)C1. The van der Waals surface area contributed by atoms with Crippen molar-refractivity contribution in [1.29, 1.82) is 0 Å². The molecule has 1 fully saturated rings. The summed E-state index contributed by atoms with van der Waals surface area (Å²) >= 11 is 5.69. The van der Waals surface area contributed by atoms with Gasteiger partial charge in [-0.3, -0.25) is 4.79 Å². The Morgan fingerprint density at radius 1 is 1.47 bits per heavy atom. The van der Waals surface area contributed by atoms with Crippen LogP contribution < -0.4 is 0 Å². The normalized spacial score (nSPS) is 20.3. The number of carbonyl (C=O) groups is 1. The number of aromatic nitrogens is 1. The lowest BCUT2D eigenvalue weighted by Gasteiger charge is -2.18. The van der Waals surface area contributed by atoms with E-state index in [9.17, 15) is 13.2 Å². The topological polar surface area (TPSA) is 67.3 Å². The molecule has 19 heavy (non-hydrogen) atoms. The van der Waals surface area contributed by atoms with Crippen LogP contribution in [0.3, 0.4) is 0 Å². The Morgan fingerprint density at radius 3 is 2.68 bits per heavy atom. The molecule has 0 aromatic carbocycles. The second-order valence-corrected chi connectivity index (χ2v) is 7.20. The zero-order valence-corrected chi connectivity index (χ0v) is 12.3. The summed E-state index contributed by atoms with van der Waals surface area (Å²) < 4.78 is 25.7. The Labute approximate surface area is 117 Å². The van der Waals surface area contributed by atoms with Gasteiger partial charge in [0.2, 0.25) is 5.91 Å². The Balaban J connectivity index is 2.33. The lowest BCUT2D eigenvalue weighted by atomic mass is 9.95. The molecule has 1 atom stereocenters. The first kappa shape index (κ1) is 14.3. The highest BCUT2D eigenvalue weighted by atomic mass is 35.5. The first-order valence-electron chi connectivity index (χ1n) is 5.99. The van der Waals surface area contributed by atoms with E-state index in [4.69, 9.17) is 11.6 Å². The van der Waals surface area contributed by atoms with Crippen molar-refractivity contribution in [2.24, 2.45) is 11.8 Å². The molecule has 0 bridgehead atoms. The molecule has 0 saturated carbocycles. The summed E-state index contributed by atoms with van der Waals surface area (Å²) in [6.45, 7) is 4.20. The average molecular weight is 303 g/mol. The van der Waals surface area contributed by atoms with Gasteiger partial charge < -0.3 is 0 Å². The van der Waals surface area contributed by atoms with Crippen molar-refractivity contribution in [3.63, 3.8) is 0 Å². The van der Waals surface area contributed by atoms with Crippen LogP contribution in [0.5, 0.6) is 0 Å². The van der Waals surface area contributed by atoms with E-state index in [-0.39, 0.29) is 40.8 Å². The molecule has 0 spiro atoms. The quantitative estimate of drug-likeness (QED) is 0.800. The van der Waals surface area contributed by atoms with Crippen LogP contribution in [0.2, 0.25) is 5.15 Å². The number of carbonyl (C=O) groups excluding carboxylic acids is 1. The van der Waals surface area contributed by atoms with Crippen molar-refractivity contribution in [3.8, 4) is 0 Å². The van der Waals surface area contributed by atoms with Crippen molar-refractivity contribution in [2.45, 2.75) is 25.2 Å². The number of amides is 1. The highest BCUT2D eigenvalue weighted by Gasteiger charge is 2.39. The molecular formula is C12H15ClN2O3S. The zero-order valence-electron chi connectivity index (χ0n) is 10.7. The van der Waals surface area contributed by atoms with Gasteiger partial charge in [-0.05, 0) is 24.0 Å². The molecule has 1 aliphatic heterocycles. The van der Waals surface area contributed by atoms with Crippen molar-refractivity contribution >= 4 is 27.5 Å². The number of sulfonamides is 1. The molecular weight excluding hydrogens is 288 g/mol. The van der Waals surface area contributed by atoms with Gasteiger partial charge in [0.1, 0.15) is 5.15 Å². The maximum Gasteiger partial charge on any atom is 0.266 e. The van der Waals surface area contributed by atoms with Crippen LogP contribution in [-0.4, -0.2) is 30.2 Å². The molecule has 0 N–H and O–H groups in total. The van der Waals surface area contributed by atoms with Crippen molar-refractivity contribution in [2.75, 3.05) is 6.54 Å². The van der Waals surface area contributed by atoms with E-state index in [1.54, 1.807) is 0 Å². The smallest absolute Gasteiger partial charge is 0.266 e. The molecule has 7 heteroatoms. The van der Waals surface area contributed by atoms with Gasteiger partial charge in [0.15, 0.2) is 0 Å². The van der Waals surface area contributed by atoms with E-state index in [0.29, 0.717) is 0 Å². The fraction of sp³-hybridized carbons (Fsp3) is 0.500. The van der Waals surface area contributed by atoms with Crippen LogP contribution in [0.4, 0.5) is 0 Å². The summed E-state index contributed by atoms with van der Waals surface area (Å²) in [6, 6.07) is 2.60. The number of halogens is 1. The predicted octanol–water partition coefficient (Wildman–Crippen LogP) is 1.93. The van der Waals surface area contributed by atoms with Gasteiger partial charge >= 0.3 is 0 Å². The molecule has 1 amide bonds. The van der Waals surface area contributed by atoms with Crippen molar-refractivity contribution in [3.05, 3.63) is 23.5 Å². The van der Waals surface area contributed by atoms with Crippen LogP contribution in [-0.2, 0) is 14.8 Å². The van der Waals surface area contributed by atoms with Gasteiger partial charge in [-0.15, -0.1) is 0 Å². The van der Waals surface area contributed by atoms with Crippen LogP contribution >= 0.6 is 11.6 Å². The van der Waals surface area contributed by atoms with Gasteiger partial charge in [0.25, 0.3) is 10.0 Å². The highest BCUT2D eigenvalue weighted by Crippen LogP contribution is 2.29. The van der Waals surface area contributed by atoms with Gasteiger partial charge in [0, 0.05) is 19.2 Å². The third-order valence-electron chi connectivity index (χ3n) is 3.34. The second-order valence-electron chi connectivity index (χ2n) is 4.95. The number of nitrogens with zero attached hydrogens (tertiary/aromatic N) is 2. The molecule has 104 valence electrons. The summed E-state index contributed by atoms with van der Waals surface area (Å²) in [5, 5.41) is 0.0909. The first-order chi connectivity index (χ1) is 8.82. The number of hydrogen-bond donors (Lipinski definition) is 0. The van der Waals surface area contributed by atoms with Crippen LogP contribution in [0.25, 0.3) is 0 Å². The Bertz CT molecular complexity index is 601. The fourth-order valence-electron chi connectivity index (χ4n) is 2.06. The Hall–Kier alpha value is -1.14. The van der Waals surface area contributed by atoms with E-state index >= 15 is 0 Å². The molecule has 1 unspecified atom stereocenters. The van der Waals surface area contributed by atoms with Gasteiger partial charge in [-0.25, -0.2) is 17.7 Å². The minimum Gasteiger partial charge on any atom is -0.274 e. The van der Waals surface area contributed by atoms with E-state index < -0.39 is 10.0 Å². The molecule has 5 nitrogen and oxygen atoms in total. The number of hydrogen-bond acceptors (Lipinski definition) is 4. The third kappa shape index (κ3) is 2.74. The molecule has 2 rings (SSSR count). The van der Waals surface area contributed by atoms with E-state index in [2.05, 4.69) is 4.98 Å². The number of rotatable bonds is 3. The molecule has 1 aromatic rings. The third-order valence-corrected chi connectivity index (χ3v) is 5.33. The van der Waals surface area contributed by atoms with Crippen LogP contribution in [0.15, 0.2) is 23.2 Å². The molecule has 1 saturated heterocycles. The Kier molecular flexibility index (Phi) is 3.82. The maximum atomic E-state index is 12.4. The molecule has 2 heterocycles. The summed E-state index contributed by atoms with van der Waals surface area (Å²) in [4.78, 5) is 15.6. The van der Waals surface area contributed by atoms with Crippen molar-refractivity contribution in [1.82, 2.24) is 9.29 Å². The van der Waals surface area contributed by atoms with Gasteiger partial charge in [0.05, 0.1) is 4.90 Å². The minimum absolute atomic E-state index is 0.00487. The van der Waals surface area contributed by atoms with Crippen LogP contribution in [0, 0.1) is 11.8 Å². The lowest BCUT2D eigenvalue weighted by molar-refractivity contribution is -0.123. The minimum atomic E-state index is -3.82. The summed E-state index contributed by atoms with van der Waals surface area (Å²) in [5.41, 5.74) is 0. The van der Waals surface area contributed by atoms with E-state index in [1.165, 1.54) is 18.3 Å². The molecule has 0 radical (unpaired) electrons. The maximum absolute atomic E-state index is 12.4. The standard InChI is InChI=1S/C12H15ClN2O3S/c1-8(2)9-5-12(16)15(7-9)19(17,18)10-3-4-14-11(13)6-10/h3-4,6,8-9H,5,7H2,1-2H3.